The molecular formula is C20H26N2O5. The van der Waals surface area contributed by atoms with Gasteiger partial charge in [0.15, 0.2) is 0 Å². The molecule has 0 aliphatic rings. The number of hydrogen-bond donors (Lipinski definition) is 4. The van der Waals surface area contributed by atoms with Crippen molar-refractivity contribution in [2.75, 3.05) is 32.2 Å². The fourth-order valence-corrected chi connectivity index (χ4v) is 2.49. The highest BCUT2D eigenvalue weighted by Crippen LogP contribution is 2.19. The molecule has 0 saturated carbocycles. The van der Waals surface area contributed by atoms with Crippen molar-refractivity contribution in [1.82, 2.24) is 5.32 Å². The van der Waals surface area contributed by atoms with E-state index in [0.717, 1.165) is 0 Å². The number of carbonyl (C=O) groups is 1. The van der Waals surface area contributed by atoms with Gasteiger partial charge in [0.25, 0.3) is 5.91 Å². The molecule has 5 N–H and O–H groups in total. The molecular weight excluding hydrogens is 348 g/mol. The highest BCUT2D eigenvalue weighted by Gasteiger charge is 2.23. The van der Waals surface area contributed by atoms with E-state index in [1.54, 1.807) is 48.5 Å². The Labute approximate surface area is 158 Å². The molecule has 7 heteroatoms. The minimum Gasteiger partial charge on any atom is -0.491 e. The summed E-state index contributed by atoms with van der Waals surface area (Å²) in [6, 6.07) is 12.4. The normalized spacial score (nSPS) is 13.0. The summed E-state index contributed by atoms with van der Waals surface area (Å²) >= 11 is 0. The van der Waals surface area contributed by atoms with Gasteiger partial charge < -0.3 is 30.7 Å². The Morgan fingerprint density at radius 1 is 1.19 bits per heavy atom. The second-order valence-corrected chi connectivity index (χ2v) is 5.95. The van der Waals surface area contributed by atoms with Crippen molar-refractivity contribution in [2.24, 2.45) is 0 Å². The molecule has 0 saturated heterocycles. The number of nitrogen functional groups attached to an aromatic ring is 1. The maximum atomic E-state index is 12.5. The van der Waals surface area contributed by atoms with Crippen LogP contribution in [0.25, 0.3) is 0 Å². The zero-order chi connectivity index (χ0) is 19.6. The fourth-order valence-electron chi connectivity index (χ4n) is 2.49. The second-order valence-electron chi connectivity index (χ2n) is 5.95. The van der Waals surface area contributed by atoms with Crippen molar-refractivity contribution in [3.05, 3.63) is 59.7 Å². The van der Waals surface area contributed by atoms with Gasteiger partial charge in [-0.3, -0.25) is 4.79 Å². The number of nitrogens with two attached hydrogens (primary N) is 1. The number of ether oxygens (including phenoxy) is 2. The van der Waals surface area contributed by atoms with E-state index >= 15 is 0 Å². The third kappa shape index (κ3) is 6.25. The number of benzene rings is 2. The van der Waals surface area contributed by atoms with Crippen molar-refractivity contribution in [1.29, 1.82) is 0 Å². The molecule has 0 spiro atoms. The van der Waals surface area contributed by atoms with E-state index < -0.39 is 24.7 Å². The van der Waals surface area contributed by atoms with Gasteiger partial charge >= 0.3 is 0 Å². The van der Waals surface area contributed by atoms with Crippen LogP contribution in [0.3, 0.4) is 0 Å². The van der Waals surface area contributed by atoms with Gasteiger partial charge in [-0.25, -0.2) is 0 Å². The monoisotopic (exact) mass is 374 g/mol. The van der Waals surface area contributed by atoms with E-state index in [4.69, 9.17) is 15.2 Å². The first-order valence-corrected chi connectivity index (χ1v) is 8.81. The van der Waals surface area contributed by atoms with Gasteiger partial charge in [-0.1, -0.05) is 18.2 Å². The smallest absolute Gasteiger partial charge is 0.251 e. The number of carbonyl (C=O) groups excluding carboxylic acids is 1. The van der Waals surface area contributed by atoms with Crippen molar-refractivity contribution >= 4 is 11.6 Å². The minimum atomic E-state index is -1.06. The Kier molecular flexibility index (Phi) is 8.06. The van der Waals surface area contributed by atoms with E-state index in [1.165, 1.54) is 0 Å². The summed E-state index contributed by atoms with van der Waals surface area (Å²) in [5.74, 6) is 0.126. The number of aliphatic hydroxyl groups is 2. The molecule has 2 unspecified atom stereocenters. The first kappa shape index (κ1) is 20.7. The van der Waals surface area contributed by atoms with Crippen LogP contribution in [-0.2, 0) is 4.74 Å². The summed E-state index contributed by atoms with van der Waals surface area (Å²) in [7, 11) is 0. The van der Waals surface area contributed by atoms with Crippen LogP contribution in [0.5, 0.6) is 5.75 Å². The SMILES string of the molecule is CCOCCOc1cccc(C(=O)NC(CO)C(O)c2ccc(N)cc2)c1. The van der Waals surface area contributed by atoms with E-state index in [-0.39, 0.29) is 0 Å². The number of anilines is 1. The zero-order valence-electron chi connectivity index (χ0n) is 15.3. The van der Waals surface area contributed by atoms with Crippen molar-refractivity contribution in [2.45, 2.75) is 19.1 Å². The lowest BCUT2D eigenvalue weighted by Gasteiger charge is -2.23. The van der Waals surface area contributed by atoms with Gasteiger partial charge in [-0.05, 0) is 42.8 Å². The molecule has 0 aliphatic heterocycles. The molecule has 0 radical (unpaired) electrons. The van der Waals surface area contributed by atoms with Crippen LogP contribution < -0.4 is 15.8 Å². The fraction of sp³-hybridized carbons (Fsp3) is 0.350. The van der Waals surface area contributed by atoms with Crippen LogP contribution in [0.1, 0.15) is 28.9 Å². The molecule has 0 aromatic heterocycles. The maximum Gasteiger partial charge on any atom is 0.251 e. The lowest BCUT2D eigenvalue weighted by Crippen LogP contribution is -2.42. The zero-order valence-corrected chi connectivity index (χ0v) is 15.3. The second kappa shape index (κ2) is 10.5. The van der Waals surface area contributed by atoms with E-state index in [0.29, 0.717) is 42.4 Å². The minimum absolute atomic E-state index is 0.367. The number of hydrogen-bond acceptors (Lipinski definition) is 6. The Bertz CT molecular complexity index is 721. The predicted octanol–water partition coefficient (Wildman–Crippen LogP) is 1.51. The van der Waals surface area contributed by atoms with Crippen LogP contribution in [-0.4, -0.2) is 48.6 Å². The van der Waals surface area contributed by atoms with Crippen molar-refractivity contribution < 1.29 is 24.5 Å². The Hall–Kier alpha value is -2.61. The predicted molar refractivity (Wildman–Crippen MR) is 103 cm³/mol. The summed E-state index contributed by atoms with van der Waals surface area (Å²) in [6.45, 7) is 2.95. The van der Waals surface area contributed by atoms with Crippen LogP contribution >= 0.6 is 0 Å². The summed E-state index contributed by atoms with van der Waals surface area (Å²) in [5.41, 5.74) is 7.12. The number of aliphatic hydroxyl groups excluding tert-OH is 2. The van der Waals surface area contributed by atoms with Gasteiger partial charge in [-0.15, -0.1) is 0 Å². The third-order valence-corrected chi connectivity index (χ3v) is 3.97. The Morgan fingerprint density at radius 2 is 1.93 bits per heavy atom. The van der Waals surface area contributed by atoms with Crippen LogP contribution in [0.4, 0.5) is 5.69 Å². The number of nitrogens with one attached hydrogen (secondary N) is 1. The first-order valence-electron chi connectivity index (χ1n) is 8.81. The maximum absolute atomic E-state index is 12.5. The van der Waals surface area contributed by atoms with Gasteiger partial charge in [0.2, 0.25) is 0 Å². The molecule has 2 rings (SSSR count). The lowest BCUT2D eigenvalue weighted by molar-refractivity contribution is 0.0702. The van der Waals surface area contributed by atoms with Gasteiger partial charge in [0.1, 0.15) is 18.5 Å². The summed E-state index contributed by atoms with van der Waals surface area (Å²) in [5, 5.41) is 22.7. The summed E-state index contributed by atoms with van der Waals surface area (Å²) in [6.07, 6.45) is -1.06. The molecule has 27 heavy (non-hydrogen) atoms. The standard InChI is InChI=1S/C20H26N2O5/c1-2-26-10-11-27-17-5-3-4-15(12-17)20(25)22-18(13-23)19(24)14-6-8-16(21)9-7-14/h3-9,12,18-19,23-24H,2,10-11,13,21H2,1H3,(H,22,25). The molecule has 2 aromatic carbocycles. The van der Waals surface area contributed by atoms with Crippen molar-refractivity contribution in [3.8, 4) is 5.75 Å². The highest BCUT2D eigenvalue weighted by atomic mass is 16.5. The van der Waals surface area contributed by atoms with Gasteiger partial charge in [0, 0.05) is 17.9 Å². The third-order valence-electron chi connectivity index (χ3n) is 3.97. The summed E-state index contributed by atoms with van der Waals surface area (Å²) < 4.78 is 10.8. The average molecular weight is 374 g/mol. The molecule has 0 fully saturated rings. The first-order chi connectivity index (χ1) is 13.0. The average Bonchev–Trinajstić information content (AvgIpc) is 2.69. The largest absolute Gasteiger partial charge is 0.491 e. The van der Waals surface area contributed by atoms with Crippen molar-refractivity contribution in [3.63, 3.8) is 0 Å². The van der Waals surface area contributed by atoms with E-state index in [2.05, 4.69) is 5.32 Å². The molecule has 1 amide bonds. The lowest BCUT2D eigenvalue weighted by atomic mass is 10.0. The van der Waals surface area contributed by atoms with Gasteiger partial charge in [-0.2, -0.15) is 0 Å². The molecule has 0 bridgehead atoms. The highest BCUT2D eigenvalue weighted by molar-refractivity contribution is 5.94. The molecule has 0 aliphatic carbocycles. The number of amides is 1. The van der Waals surface area contributed by atoms with Crippen LogP contribution in [0.2, 0.25) is 0 Å². The van der Waals surface area contributed by atoms with E-state index in [9.17, 15) is 15.0 Å². The topological polar surface area (TPSA) is 114 Å². The molecule has 146 valence electrons. The van der Waals surface area contributed by atoms with E-state index in [1.807, 2.05) is 6.92 Å². The van der Waals surface area contributed by atoms with Crippen LogP contribution in [0.15, 0.2) is 48.5 Å². The van der Waals surface area contributed by atoms with Gasteiger partial charge in [0.05, 0.1) is 19.3 Å². The van der Waals surface area contributed by atoms with Crippen LogP contribution in [0, 0.1) is 0 Å². The Balaban J connectivity index is 2.00. The molecule has 2 aromatic rings. The quantitative estimate of drug-likeness (QED) is 0.370. The molecule has 7 nitrogen and oxygen atoms in total. The molecule has 0 heterocycles. The summed E-state index contributed by atoms with van der Waals surface area (Å²) in [4.78, 5) is 12.5. The molecule has 2 atom stereocenters. The number of rotatable bonds is 10. The Morgan fingerprint density at radius 3 is 2.59 bits per heavy atom.